The molecule has 6 heteroatoms. The van der Waals surface area contributed by atoms with E-state index < -0.39 is 0 Å². The number of piperidine rings is 1. The van der Waals surface area contributed by atoms with Crippen molar-refractivity contribution in [2.75, 3.05) is 0 Å². The van der Waals surface area contributed by atoms with E-state index in [9.17, 15) is 14.4 Å². The molecule has 36 heavy (non-hydrogen) atoms. The molecule has 4 rings (SSSR count). The van der Waals surface area contributed by atoms with Gasteiger partial charge in [-0.25, -0.2) is 4.98 Å². The summed E-state index contributed by atoms with van der Waals surface area (Å²) in [6.07, 6.45) is 8.24. The molecule has 1 aliphatic heterocycles. The number of carbonyl (C=O) groups is 3. The van der Waals surface area contributed by atoms with Crippen LogP contribution in [0.15, 0.2) is 55.0 Å². The number of aromatic nitrogens is 2. The summed E-state index contributed by atoms with van der Waals surface area (Å²) in [6.45, 7) is 10.0. The minimum atomic E-state index is -0.141. The Hall–Kier alpha value is -3.54. The van der Waals surface area contributed by atoms with E-state index in [1.807, 2.05) is 25.4 Å². The summed E-state index contributed by atoms with van der Waals surface area (Å²) in [5, 5.41) is 2.25. The molecule has 0 saturated carbocycles. The number of benzene rings is 2. The van der Waals surface area contributed by atoms with Crippen LogP contribution in [0.4, 0.5) is 0 Å². The Balaban J connectivity index is 0.000000338. The van der Waals surface area contributed by atoms with Gasteiger partial charge in [0.15, 0.2) is 5.78 Å². The topological polar surface area (TPSA) is 81.1 Å². The maximum Gasteiger partial charge on any atom is 0.229 e. The zero-order valence-electron chi connectivity index (χ0n) is 22.0. The highest BCUT2D eigenvalue weighted by molar-refractivity contribution is 5.98. The number of rotatable bonds is 7. The van der Waals surface area contributed by atoms with Crippen molar-refractivity contribution < 1.29 is 14.4 Å². The fourth-order valence-corrected chi connectivity index (χ4v) is 4.13. The van der Waals surface area contributed by atoms with E-state index in [0.29, 0.717) is 18.8 Å². The van der Waals surface area contributed by atoms with Gasteiger partial charge < -0.3 is 4.57 Å². The van der Waals surface area contributed by atoms with E-state index in [1.165, 1.54) is 5.56 Å². The fraction of sp³-hybridized carbons (Fsp3) is 0.400. The molecule has 1 aliphatic rings. The summed E-state index contributed by atoms with van der Waals surface area (Å²) in [4.78, 5) is 37.7. The Bertz CT molecular complexity index is 1230. The molecule has 2 amide bonds. The van der Waals surface area contributed by atoms with E-state index >= 15 is 0 Å². The number of imidazole rings is 1. The molecular formula is C30H37N3O3. The molecule has 190 valence electrons. The number of ketones is 1. The Morgan fingerprint density at radius 3 is 2.58 bits per heavy atom. The molecule has 1 aromatic heterocycles. The SMILES string of the molecule is CC1CCC(=O)NC1=O.CCCCc1cc(-c2cn(-c3cccc(C(C)C)c3)cn2)ccc1C(C)=O. The van der Waals surface area contributed by atoms with Crippen LogP contribution in [-0.4, -0.2) is 27.1 Å². The number of Topliss-reactive ketones (excluding diaryl/α,β-unsaturated/α-hetero) is 1. The minimum absolute atomic E-state index is 0.0164. The van der Waals surface area contributed by atoms with Gasteiger partial charge in [0, 0.05) is 35.3 Å². The molecule has 1 N–H and O–H groups in total. The predicted octanol–water partition coefficient (Wildman–Crippen LogP) is 6.27. The molecule has 0 bridgehead atoms. The molecule has 3 aromatic rings. The molecule has 0 spiro atoms. The third-order valence-electron chi connectivity index (χ3n) is 6.51. The zero-order valence-corrected chi connectivity index (χ0v) is 22.0. The number of imide groups is 1. The lowest BCUT2D eigenvalue weighted by molar-refractivity contribution is -0.135. The van der Waals surface area contributed by atoms with Gasteiger partial charge in [0.1, 0.15) is 0 Å². The molecule has 1 saturated heterocycles. The maximum atomic E-state index is 11.9. The number of unbranched alkanes of at least 4 members (excludes halogenated alkanes) is 1. The molecule has 1 atom stereocenters. The van der Waals surface area contributed by atoms with Crippen LogP contribution in [0.1, 0.15) is 87.7 Å². The fourth-order valence-electron chi connectivity index (χ4n) is 4.13. The van der Waals surface area contributed by atoms with Crippen LogP contribution in [0.2, 0.25) is 0 Å². The van der Waals surface area contributed by atoms with Crippen LogP contribution < -0.4 is 5.32 Å². The normalized spacial score (nSPS) is 15.3. The van der Waals surface area contributed by atoms with E-state index in [4.69, 9.17) is 0 Å². The van der Waals surface area contributed by atoms with Crippen molar-refractivity contribution in [3.63, 3.8) is 0 Å². The summed E-state index contributed by atoms with van der Waals surface area (Å²) in [5.41, 5.74) is 6.37. The first-order chi connectivity index (χ1) is 17.2. The second-order valence-electron chi connectivity index (χ2n) is 9.80. The van der Waals surface area contributed by atoms with Crippen molar-refractivity contribution in [1.82, 2.24) is 14.9 Å². The van der Waals surface area contributed by atoms with Crippen molar-refractivity contribution in [2.45, 2.75) is 72.6 Å². The predicted molar refractivity (Wildman–Crippen MR) is 143 cm³/mol. The lowest BCUT2D eigenvalue weighted by atomic mass is 9.96. The van der Waals surface area contributed by atoms with Gasteiger partial charge >= 0.3 is 0 Å². The number of hydrogen-bond donors (Lipinski definition) is 1. The zero-order chi connectivity index (χ0) is 26.2. The first-order valence-electron chi connectivity index (χ1n) is 12.8. The van der Waals surface area contributed by atoms with Crippen LogP contribution in [0.5, 0.6) is 0 Å². The van der Waals surface area contributed by atoms with Gasteiger partial charge in [-0.05, 0) is 61.4 Å². The Labute approximate surface area is 214 Å². The molecule has 1 fully saturated rings. The number of amides is 2. The second-order valence-corrected chi connectivity index (χ2v) is 9.80. The molecule has 2 aromatic carbocycles. The van der Waals surface area contributed by atoms with Crippen molar-refractivity contribution >= 4 is 17.6 Å². The minimum Gasteiger partial charge on any atom is -0.306 e. The summed E-state index contributed by atoms with van der Waals surface area (Å²) in [6, 6.07) is 14.6. The van der Waals surface area contributed by atoms with Crippen molar-refractivity contribution in [2.24, 2.45) is 5.92 Å². The van der Waals surface area contributed by atoms with Gasteiger partial charge in [0.2, 0.25) is 11.8 Å². The second kappa shape index (κ2) is 12.4. The van der Waals surface area contributed by atoms with Crippen LogP contribution in [-0.2, 0) is 16.0 Å². The van der Waals surface area contributed by atoms with Gasteiger partial charge in [-0.3, -0.25) is 19.7 Å². The number of nitrogens with zero attached hydrogens (tertiary/aromatic N) is 2. The number of nitrogens with one attached hydrogen (secondary N) is 1. The largest absolute Gasteiger partial charge is 0.306 e. The van der Waals surface area contributed by atoms with Crippen LogP contribution in [0.25, 0.3) is 16.9 Å². The molecule has 0 radical (unpaired) electrons. The number of carbonyl (C=O) groups excluding carboxylic acids is 3. The highest BCUT2D eigenvalue weighted by atomic mass is 16.2. The van der Waals surface area contributed by atoms with Gasteiger partial charge in [0.25, 0.3) is 0 Å². The van der Waals surface area contributed by atoms with E-state index in [2.05, 4.69) is 72.2 Å². The Morgan fingerprint density at radius 1 is 1.17 bits per heavy atom. The van der Waals surface area contributed by atoms with Crippen LogP contribution >= 0.6 is 0 Å². The summed E-state index contributed by atoms with van der Waals surface area (Å²) in [7, 11) is 0. The standard InChI is InChI=1S/C24H28N2O.C6H9NO2/c1-5-6-8-20-13-21(11-12-23(20)18(4)27)24-15-26(16-25-24)22-10-7-9-19(14-22)17(2)3;1-4-2-3-5(8)7-6(4)9/h7,9-17H,5-6,8H2,1-4H3;4H,2-3H2,1H3,(H,7,8,9). The van der Waals surface area contributed by atoms with E-state index in [-0.39, 0.29) is 23.5 Å². The molecule has 6 nitrogen and oxygen atoms in total. The third-order valence-corrected chi connectivity index (χ3v) is 6.51. The molecule has 0 aliphatic carbocycles. The number of aryl methyl sites for hydroxylation is 1. The lowest BCUT2D eigenvalue weighted by Crippen LogP contribution is -2.39. The highest BCUT2D eigenvalue weighted by Crippen LogP contribution is 2.25. The summed E-state index contributed by atoms with van der Waals surface area (Å²) >= 11 is 0. The molecule has 1 unspecified atom stereocenters. The van der Waals surface area contributed by atoms with Gasteiger partial charge in [-0.1, -0.05) is 58.4 Å². The van der Waals surface area contributed by atoms with Crippen molar-refractivity contribution in [3.05, 3.63) is 71.7 Å². The first-order valence-corrected chi connectivity index (χ1v) is 12.8. The molecular weight excluding hydrogens is 450 g/mol. The van der Waals surface area contributed by atoms with Gasteiger partial charge in [0.05, 0.1) is 12.0 Å². The van der Waals surface area contributed by atoms with Gasteiger partial charge in [-0.2, -0.15) is 0 Å². The maximum absolute atomic E-state index is 11.9. The highest BCUT2D eigenvalue weighted by Gasteiger charge is 2.21. The average molecular weight is 488 g/mol. The first kappa shape index (κ1) is 27.1. The Morgan fingerprint density at radius 2 is 1.94 bits per heavy atom. The van der Waals surface area contributed by atoms with E-state index in [1.54, 1.807) is 6.92 Å². The quantitative estimate of drug-likeness (QED) is 0.315. The van der Waals surface area contributed by atoms with Crippen LogP contribution in [0.3, 0.4) is 0 Å². The average Bonchev–Trinajstić information content (AvgIpc) is 3.36. The van der Waals surface area contributed by atoms with E-state index in [0.717, 1.165) is 47.3 Å². The summed E-state index contributed by atoms with van der Waals surface area (Å²) in [5.74, 6) is 0.365. The van der Waals surface area contributed by atoms with Crippen molar-refractivity contribution in [3.8, 4) is 16.9 Å². The monoisotopic (exact) mass is 487 g/mol. The summed E-state index contributed by atoms with van der Waals surface area (Å²) < 4.78 is 2.06. The third kappa shape index (κ3) is 7.00. The Kier molecular flexibility index (Phi) is 9.34. The van der Waals surface area contributed by atoms with Gasteiger partial charge in [-0.15, -0.1) is 0 Å². The van der Waals surface area contributed by atoms with Crippen LogP contribution in [0, 0.1) is 5.92 Å². The smallest absolute Gasteiger partial charge is 0.229 e. The molecule has 2 heterocycles. The van der Waals surface area contributed by atoms with Crippen molar-refractivity contribution in [1.29, 1.82) is 0 Å². The lowest BCUT2D eigenvalue weighted by Gasteiger charge is -2.15. The number of hydrogen-bond acceptors (Lipinski definition) is 4.